The number of ether oxygens (including phenoxy) is 1. The van der Waals surface area contributed by atoms with Gasteiger partial charge in [0.2, 0.25) is 0 Å². The molecule has 0 saturated heterocycles. The Bertz CT molecular complexity index is 712. The smallest absolute Gasteiger partial charge is 0.127 e. The maximum absolute atomic E-state index is 5.74. The van der Waals surface area contributed by atoms with Gasteiger partial charge in [0.15, 0.2) is 0 Å². The first-order chi connectivity index (χ1) is 10.3. The van der Waals surface area contributed by atoms with Crippen molar-refractivity contribution in [3.8, 4) is 11.5 Å². The second-order valence-corrected chi connectivity index (χ2v) is 4.53. The minimum absolute atomic E-state index is 0.490. The standard InChI is InChI=1S/C17H15N3O/c18-17-12-14(10-11-19-17)20-13-6-8-16(9-7-13)21-15-4-2-1-3-5-15/h1-12H,(H3,18,19,20). The van der Waals surface area contributed by atoms with Gasteiger partial charge in [0.25, 0.3) is 0 Å². The van der Waals surface area contributed by atoms with Gasteiger partial charge in [-0.15, -0.1) is 0 Å². The number of aromatic nitrogens is 1. The summed E-state index contributed by atoms with van der Waals surface area (Å²) in [6, 6.07) is 21.1. The molecule has 0 fully saturated rings. The number of para-hydroxylation sites is 1. The number of nitrogens with two attached hydrogens (primary N) is 1. The van der Waals surface area contributed by atoms with Gasteiger partial charge in [-0.05, 0) is 42.5 Å². The van der Waals surface area contributed by atoms with E-state index < -0.39 is 0 Å². The summed E-state index contributed by atoms with van der Waals surface area (Å²) in [6.45, 7) is 0. The van der Waals surface area contributed by atoms with E-state index in [-0.39, 0.29) is 0 Å². The van der Waals surface area contributed by atoms with Crippen LogP contribution in [0.3, 0.4) is 0 Å². The van der Waals surface area contributed by atoms with E-state index in [0.717, 1.165) is 22.9 Å². The monoisotopic (exact) mass is 277 g/mol. The molecule has 0 unspecified atom stereocenters. The van der Waals surface area contributed by atoms with E-state index in [1.807, 2.05) is 60.7 Å². The van der Waals surface area contributed by atoms with E-state index in [1.54, 1.807) is 12.3 Å². The molecule has 0 saturated carbocycles. The van der Waals surface area contributed by atoms with E-state index in [9.17, 15) is 0 Å². The number of hydrogen-bond donors (Lipinski definition) is 2. The number of anilines is 3. The van der Waals surface area contributed by atoms with Gasteiger partial charge >= 0.3 is 0 Å². The zero-order valence-corrected chi connectivity index (χ0v) is 11.4. The van der Waals surface area contributed by atoms with Crippen LogP contribution in [0.15, 0.2) is 72.9 Å². The first kappa shape index (κ1) is 13.0. The minimum atomic E-state index is 0.490. The number of benzene rings is 2. The summed E-state index contributed by atoms with van der Waals surface area (Å²) >= 11 is 0. The number of nitrogen functional groups attached to an aromatic ring is 1. The van der Waals surface area contributed by atoms with Crippen molar-refractivity contribution in [2.75, 3.05) is 11.1 Å². The molecule has 3 N–H and O–H groups in total. The molecule has 3 aromatic rings. The van der Waals surface area contributed by atoms with Crippen LogP contribution in [-0.4, -0.2) is 4.98 Å². The van der Waals surface area contributed by atoms with Crippen molar-refractivity contribution < 1.29 is 4.74 Å². The number of hydrogen-bond acceptors (Lipinski definition) is 4. The number of pyridine rings is 1. The largest absolute Gasteiger partial charge is 0.457 e. The fourth-order valence-electron chi connectivity index (χ4n) is 1.92. The van der Waals surface area contributed by atoms with E-state index in [2.05, 4.69) is 10.3 Å². The second kappa shape index (κ2) is 5.96. The average Bonchev–Trinajstić information content (AvgIpc) is 2.50. The lowest BCUT2D eigenvalue weighted by molar-refractivity contribution is 0.483. The SMILES string of the molecule is Nc1cc(Nc2ccc(Oc3ccccc3)cc2)ccn1. The highest BCUT2D eigenvalue weighted by molar-refractivity contribution is 5.62. The molecule has 0 aliphatic rings. The molecular weight excluding hydrogens is 262 g/mol. The lowest BCUT2D eigenvalue weighted by atomic mass is 10.2. The molecule has 0 atom stereocenters. The molecule has 0 amide bonds. The molecule has 0 radical (unpaired) electrons. The van der Waals surface area contributed by atoms with Crippen molar-refractivity contribution in [3.05, 3.63) is 72.9 Å². The van der Waals surface area contributed by atoms with Crippen molar-refractivity contribution in [1.29, 1.82) is 0 Å². The van der Waals surface area contributed by atoms with Crippen LogP contribution in [0.4, 0.5) is 17.2 Å². The van der Waals surface area contributed by atoms with Crippen molar-refractivity contribution in [3.63, 3.8) is 0 Å². The Labute approximate surface area is 123 Å². The first-order valence-corrected chi connectivity index (χ1v) is 6.61. The van der Waals surface area contributed by atoms with Crippen LogP contribution < -0.4 is 15.8 Å². The third kappa shape index (κ3) is 3.51. The molecule has 0 bridgehead atoms. The van der Waals surface area contributed by atoms with Gasteiger partial charge < -0.3 is 15.8 Å². The molecule has 104 valence electrons. The second-order valence-electron chi connectivity index (χ2n) is 4.53. The molecule has 4 heteroatoms. The summed E-state index contributed by atoms with van der Waals surface area (Å²) in [5.41, 5.74) is 7.51. The fraction of sp³-hybridized carbons (Fsp3) is 0. The third-order valence-electron chi connectivity index (χ3n) is 2.90. The Kier molecular flexibility index (Phi) is 3.69. The Balaban J connectivity index is 1.69. The molecule has 4 nitrogen and oxygen atoms in total. The zero-order chi connectivity index (χ0) is 14.5. The third-order valence-corrected chi connectivity index (χ3v) is 2.90. The van der Waals surface area contributed by atoms with Crippen LogP contribution in [0.1, 0.15) is 0 Å². The molecule has 0 aliphatic heterocycles. The highest BCUT2D eigenvalue weighted by Crippen LogP contribution is 2.24. The normalized spacial score (nSPS) is 10.1. The number of nitrogens with one attached hydrogen (secondary N) is 1. The molecule has 0 spiro atoms. The maximum Gasteiger partial charge on any atom is 0.127 e. The van der Waals surface area contributed by atoms with E-state index in [0.29, 0.717) is 5.82 Å². The zero-order valence-electron chi connectivity index (χ0n) is 11.4. The van der Waals surface area contributed by atoms with Crippen LogP contribution in [0.5, 0.6) is 11.5 Å². The minimum Gasteiger partial charge on any atom is -0.457 e. The summed E-state index contributed by atoms with van der Waals surface area (Å²) in [6.07, 6.45) is 1.67. The number of rotatable bonds is 4. The first-order valence-electron chi connectivity index (χ1n) is 6.61. The quantitative estimate of drug-likeness (QED) is 0.750. The molecular formula is C17H15N3O. The highest BCUT2D eigenvalue weighted by atomic mass is 16.5. The molecule has 3 rings (SSSR count). The van der Waals surface area contributed by atoms with Crippen LogP contribution in [0, 0.1) is 0 Å². The van der Waals surface area contributed by atoms with Gasteiger partial charge in [0.05, 0.1) is 0 Å². The molecule has 21 heavy (non-hydrogen) atoms. The number of nitrogens with zero attached hydrogens (tertiary/aromatic N) is 1. The molecule has 0 aliphatic carbocycles. The van der Waals surface area contributed by atoms with E-state index in [1.165, 1.54) is 0 Å². The topological polar surface area (TPSA) is 60.2 Å². The Morgan fingerprint density at radius 2 is 1.52 bits per heavy atom. The van der Waals surface area contributed by atoms with Gasteiger partial charge in [-0.1, -0.05) is 18.2 Å². The fourth-order valence-corrected chi connectivity index (χ4v) is 1.92. The summed E-state index contributed by atoms with van der Waals surface area (Å²) in [7, 11) is 0. The predicted molar refractivity (Wildman–Crippen MR) is 84.9 cm³/mol. The van der Waals surface area contributed by atoms with E-state index >= 15 is 0 Å². The lowest BCUT2D eigenvalue weighted by Crippen LogP contribution is -1.94. The van der Waals surface area contributed by atoms with Gasteiger partial charge in [-0.3, -0.25) is 0 Å². The Morgan fingerprint density at radius 3 is 2.24 bits per heavy atom. The molecule has 2 aromatic carbocycles. The van der Waals surface area contributed by atoms with Crippen LogP contribution >= 0.6 is 0 Å². The van der Waals surface area contributed by atoms with E-state index in [4.69, 9.17) is 10.5 Å². The van der Waals surface area contributed by atoms with Crippen molar-refractivity contribution in [1.82, 2.24) is 4.98 Å². The van der Waals surface area contributed by atoms with Gasteiger partial charge in [-0.25, -0.2) is 4.98 Å². The Hall–Kier alpha value is -3.01. The molecule has 1 heterocycles. The predicted octanol–water partition coefficient (Wildman–Crippen LogP) is 4.20. The van der Waals surface area contributed by atoms with Gasteiger partial charge in [0.1, 0.15) is 17.3 Å². The van der Waals surface area contributed by atoms with Gasteiger partial charge in [0, 0.05) is 23.6 Å². The highest BCUT2D eigenvalue weighted by Gasteiger charge is 1.99. The van der Waals surface area contributed by atoms with Crippen molar-refractivity contribution in [2.45, 2.75) is 0 Å². The van der Waals surface area contributed by atoms with Crippen LogP contribution in [0.2, 0.25) is 0 Å². The summed E-state index contributed by atoms with van der Waals surface area (Å²) < 4.78 is 5.74. The van der Waals surface area contributed by atoms with Crippen molar-refractivity contribution >= 4 is 17.2 Å². The molecule has 1 aromatic heterocycles. The Morgan fingerprint density at radius 1 is 0.810 bits per heavy atom. The van der Waals surface area contributed by atoms with Crippen molar-refractivity contribution in [2.24, 2.45) is 0 Å². The average molecular weight is 277 g/mol. The summed E-state index contributed by atoms with van der Waals surface area (Å²) in [5, 5.41) is 3.26. The summed E-state index contributed by atoms with van der Waals surface area (Å²) in [4.78, 5) is 3.96. The van der Waals surface area contributed by atoms with Crippen LogP contribution in [0.25, 0.3) is 0 Å². The van der Waals surface area contributed by atoms with Crippen LogP contribution in [-0.2, 0) is 0 Å². The van der Waals surface area contributed by atoms with Gasteiger partial charge in [-0.2, -0.15) is 0 Å². The maximum atomic E-state index is 5.74. The lowest BCUT2D eigenvalue weighted by Gasteiger charge is -2.09. The summed E-state index contributed by atoms with van der Waals surface area (Å²) in [5.74, 6) is 2.10.